The Balaban J connectivity index is 1.75. The van der Waals surface area contributed by atoms with Crippen LogP contribution < -0.4 is 4.74 Å². The molecule has 0 saturated carbocycles. The molecule has 0 bridgehead atoms. The van der Waals surface area contributed by atoms with Crippen LogP contribution >= 0.6 is 15.9 Å². The number of benzene rings is 3. The predicted molar refractivity (Wildman–Crippen MR) is 102 cm³/mol. The quantitative estimate of drug-likeness (QED) is 0.525. The molecule has 0 aliphatic carbocycles. The van der Waals surface area contributed by atoms with Crippen molar-refractivity contribution in [1.82, 2.24) is 0 Å². The van der Waals surface area contributed by atoms with E-state index >= 15 is 0 Å². The van der Waals surface area contributed by atoms with Crippen molar-refractivity contribution in [3.63, 3.8) is 0 Å². The summed E-state index contributed by atoms with van der Waals surface area (Å²) in [5, 5.41) is 2.45. The minimum atomic E-state index is 0.547. The number of hydrogen-bond donors (Lipinski definition) is 0. The molecular formula is C21H19BrO. The molecule has 23 heavy (non-hydrogen) atoms. The second-order valence-electron chi connectivity index (χ2n) is 5.66. The molecule has 0 amide bonds. The van der Waals surface area contributed by atoms with Gasteiger partial charge in [-0.15, -0.1) is 0 Å². The molecule has 2 heteroatoms. The van der Waals surface area contributed by atoms with E-state index in [4.69, 9.17) is 4.74 Å². The van der Waals surface area contributed by atoms with Crippen molar-refractivity contribution in [1.29, 1.82) is 0 Å². The van der Waals surface area contributed by atoms with Crippen LogP contribution in [-0.4, -0.2) is 6.61 Å². The molecule has 3 aromatic carbocycles. The molecule has 0 aliphatic heterocycles. The van der Waals surface area contributed by atoms with E-state index in [9.17, 15) is 0 Å². The van der Waals surface area contributed by atoms with Crippen LogP contribution in [0.4, 0.5) is 0 Å². The van der Waals surface area contributed by atoms with Crippen LogP contribution in [0.25, 0.3) is 16.8 Å². The Morgan fingerprint density at radius 3 is 2.52 bits per heavy atom. The molecule has 0 heterocycles. The molecular weight excluding hydrogens is 348 g/mol. The summed E-state index contributed by atoms with van der Waals surface area (Å²) in [4.78, 5) is 0. The summed E-state index contributed by atoms with van der Waals surface area (Å²) >= 11 is 3.62. The molecule has 3 aromatic rings. The van der Waals surface area contributed by atoms with Crippen molar-refractivity contribution in [2.24, 2.45) is 0 Å². The number of halogens is 1. The van der Waals surface area contributed by atoms with Gasteiger partial charge in [-0.25, -0.2) is 0 Å². The van der Waals surface area contributed by atoms with Gasteiger partial charge in [0, 0.05) is 5.56 Å². The van der Waals surface area contributed by atoms with Crippen LogP contribution in [0.5, 0.6) is 5.75 Å². The van der Waals surface area contributed by atoms with Gasteiger partial charge in [0.25, 0.3) is 0 Å². The summed E-state index contributed by atoms with van der Waals surface area (Å²) in [5.74, 6) is 0.914. The first-order chi connectivity index (χ1) is 11.1. The van der Waals surface area contributed by atoms with Gasteiger partial charge in [-0.1, -0.05) is 60.2 Å². The molecule has 0 saturated heterocycles. The molecule has 0 atom stereocenters. The first-order valence-electron chi connectivity index (χ1n) is 7.69. The summed E-state index contributed by atoms with van der Waals surface area (Å²) < 4.78 is 6.99. The molecule has 0 radical (unpaired) electrons. The second kappa shape index (κ2) is 7.01. The molecule has 0 N–H and O–H groups in total. The maximum atomic E-state index is 5.99. The van der Waals surface area contributed by atoms with E-state index in [0.29, 0.717) is 6.61 Å². The number of hydrogen-bond acceptors (Lipinski definition) is 1. The lowest BCUT2D eigenvalue weighted by atomic mass is 10.0. The minimum Gasteiger partial charge on any atom is -0.488 e. The summed E-state index contributed by atoms with van der Waals surface area (Å²) in [5.41, 5.74) is 3.63. The van der Waals surface area contributed by atoms with E-state index in [1.807, 2.05) is 6.08 Å². The van der Waals surface area contributed by atoms with Crippen LogP contribution in [-0.2, 0) is 0 Å². The Labute approximate surface area is 145 Å². The van der Waals surface area contributed by atoms with Crippen LogP contribution in [0.3, 0.4) is 0 Å². The Bertz CT molecular complexity index is 848. The normalized spacial score (nSPS) is 11.3. The largest absolute Gasteiger partial charge is 0.488 e. The van der Waals surface area contributed by atoms with Crippen molar-refractivity contribution in [3.05, 3.63) is 81.8 Å². The van der Waals surface area contributed by atoms with Gasteiger partial charge in [0.2, 0.25) is 0 Å². The predicted octanol–water partition coefficient (Wildman–Crippen LogP) is 6.31. The highest BCUT2D eigenvalue weighted by Gasteiger charge is 2.09. The Morgan fingerprint density at radius 2 is 1.74 bits per heavy atom. The zero-order chi connectivity index (χ0) is 16.2. The number of ether oxygens (including phenoxy) is 1. The lowest BCUT2D eigenvalue weighted by Crippen LogP contribution is -1.97. The first kappa shape index (κ1) is 15.8. The van der Waals surface area contributed by atoms with Crippen LogP contribution in [0.1, 0.15) is 16.7 Å². The monoisotopic (exact) mass is 366 g/mol. The number of aryl methyl sites for hydroxylation is 2. The van der Waals surface area contributed by atoms with E-state index in [2.05, 4.69) is 90.5 Å². The summed E-state index contributed by atoms with van der Waals surface area (Å²) in [6.45, 7) is 4.74. The van der Waals surface area contributed by atoms with Crippen molar-refractivity contribution in [3.8, 4) is 5.75 Å². The average molecular weight is 367 g/mol. The fourth-order valence-corrected chi connectivity index (χ4v) is 3.30. The van der Waals surface area contributed by atoms with E-state index < -0.39 is 0 Å². The molecule has 0 unspecified atom stereocenters. The van der Waals surface area contributed by atoms with Gasteiger partial charge in [0.15, 0.2) is 0 Å². The van der Waals surface area contributed by atoms with E-state index in [1.165, 1.54) is 27.5 Å². The lowest BCUT2D eigenvalue weighted by Gasteiger charge is -2.12. The molecule has 0 aliphatic rings. The third-order valence-corrected chi connectivity index (χ3v) is 4.51. The molecule has 1 nitrogen and oxygen atoms in total. The van der Waals surface area contributed by atoms with Gasteiger partial charge in [-0.2, -0.15) is 0 Å². The fourth-order valence-electron chi connectivity index (χ4n) is 2.64. The van der Waals surface area contributed by atoms with Gasteiger partial charge in [-0.3, -0.25) is 0 Å². The molecule has 3 rings (SSSR count). The van der Waals surface area contributed by atoms with Gasteiger partial charge >= 0.3 is 0 Å². The van der Waals surface area contributed by atoms with Gasteiger partial charge in [0.05, 0.1) is 4.47 Å². The molecule has 0 spiro atoms. The van der Waals surface area contributed by atoms with Gasteiger partial charge < -0.3 is 4.74 Å². The summed E-state index contributed by atoms with van der Waals surface area (Å²) in [7, 11) is 0. The average Bonchev–Trinajstić information content (AvgIpc) is 2.55. The minimum absolute atomic E-state index is 0.547. The van der Waals surface area contributed by atoms with Crippen molar-refractivity contribution < 1.29 is 4.74 Å². The van der Waals surface area contributed by atoms with E-state index in [1.54, 1.807) is 0 Å². The highest BCUT2D eigenvalue weighted by molar-refractivity contribution is 9.10. The topological polar surface area (TPSA) is 9.23 Å². The van der Waals surface area contributed by atoms with Crippen LogP contribution in [0.2, 0.25) is 0 Å². The number of rotatable bonds is 4. The smallest absolute Gasteiger partial charge is 0.137 e. The maximum absolute atomic E-state index is 5.99. The maximum Gasteiger partial charge on any atom is 0.137 e. The zero-order valence-corrected chi connectivity index (χ0v) is 14.9. The lowest BCUT2D eigenvalue weighted by molar-refractivity contribution is 0.359. The van der Waals surface area contributed by atoms with Crippen molar-refractivity contribution in [2.75, 3.05) is 6.61 Å². The SMILES string of the molecule is Cc1ccc(/C=C/COc2c(Br)cc3ccccc3c2C)cc1. The van der Waals surface area contributed by atoms with Gasteiger partial charge in [-0.05, 0) is 58.3 Å². The Kier molecular flexibility index (Phi) is 4.82. The third kappa shape index (κ3) is 3.65. The molecule has 0 aromatic heterocycles. The second-order valence-corrected chi connectivity index (χ2v) is 6.51. The standard InChI is InChI=1S/C21H19BrO/c1-15-9-11-17(12-10-15)6-5-13-23-21-16(2)19-8-4-3-7-18(19)14-20(21)22/h3-12,14H,13H2,1-2H3/b6-5+. The van der Waals surface area contributed by atoms with Gasteiger partial charge in [0.1, 0.15) is 12.4 Å². The van der Waals surface area contributed by atoms with Crippen LogP contribution in [0.15, 0.2) is 65.1 Å². The molecule has 116 valence electrons. The van der Waals surface area contributed by atoms with Crippen molar-refractivity contribution in [2.45, 2.75) is 13.8 Å². The third-order valence-electron chi connectivity index (χ3n) is 3.92. The summed E-state index contributed by atoms with van der Waals surface area (Å²) in [6, 6.07) is 18.9. The fraction of sp³-hybridized carbons (Fsp3) is 0.143. The number of fused-ring (bicyclic) bond motifs is 1. The zero-order valence-electron chi connectivity index (χ0n) is 13.3. The van der Waals surface area contributed by atoms with E-state index in [0.717, 1.165) is 10.2 Å². The van der Waals surface area contributed by atoms with Crippen molar-refractivity contribution >= 4 is 32.8 Å². The Morgan fingerprint density at radius 1 is 1.00 bits per heavy atom. The highest BCUT2D eigenvalue weighted by Crippen LogP contribution is 2.35. The Hall–Kier alpha value is -2.06. The summed E-state index contributed by atoms with van der Waals surface area (Å²) in [6.07, 6.45) is 4.13. The van der Waals surface area contributed by atoms with Crippen LogP contribution in [0, 0.1) is 13.8 Å². The highest BCUT2D eigenvalue weighted by atomic mass is 79.9. The first-order valence-corrected chi connectivity index (χ1v) is 8.48. The molecule has 0 fully saturated rings. The van der Waals surface area contributed by atoms with E-state index in [-0.39, 0.29) is 0 Å².